The molecule has 1 atom stereocenters. The Hall–Kier alpha value is -2.93. The zero-order chi connectivity index (χ0) is 18.6. The Labute approximate surface area is 156 Å². The van der Waals surface area contributed by atoms with Crippen LogP contribution in [0.2, 0.25) is 0 Å². The number of hydrogen-bond acceptors (Lipinski definition) is 5. The minimum Gasteiger partial charge on any atom is -0.468 e. The number of rotatable bonds is 5. The summed E-state index contributed by atoms with van der Waals surface area (Å²) in [5.74, 6) is 1.31. The molecular weight excluding hydrogens is 344 g/mol. The van der Waals surface area contributed by atoms with Crippen molar-refractivity contribution in [2.75, 3.05) is 13.1 Å². The maximum atomic E-state index is 12.6. The molecule has 2 N–H and O–H groups in total. The molecule has 3 heterocycles. The van der Waals surface area contributed by atoms with E-state index in [1.165, 1.54) is 0 Å². The molecule has 140 valence electrons. The quantitative estimate of drug-likeness (QED) is 0.721. The van der Waals surface area contributed by atoms with Crippen molar-refractivity contribution < 1.29 is 9.21 Å². The molecule has 1 aromatic carbocycles. The van der Waals surface area contributed by atoms with Gasteiger partial charge in [0, 0.05) is 6.54 Å². The smallest absolute Gasteiger partial charge is 0.258 e. The number of aromatic nitrogens is 2. The van der Waals surface area contributed by atoms with E-state index in [0.717, 1.165) is 31.7 Å². The molecule has 1 fully saturated rings. The zero-order valence-corrected chi connectivity index (χ0v) is 15.0. The minimum absolute atomic E-state index is 0.00467. The lowest BCUT2D eigenvalue weighted by Crippen LogP contribution is -2.42. The number of likely N-dealkylation sites (tertiary alicyclic amines) is 1. The summed E-state index contributed by atoms with van der Waals surface area (Å²) in [5.41, 5.74) is 0.444. The summed E-state index contributed by atoms with van der Waals surface area (Å²) in [4.78, 5) is 34.1. The fourth-order valence-corrected chi connectivity index (χ4v) is 3.57. The molecule has 2 aromatic heterocycles. The lowest BCUT2D eigenvalue weighted by atomic mass is 9.97. The molecule has 0 aliphatic carbocycles. The van der Waals surface area contributed by atoms with Crippen LogP contribution in [-0.2, 0) is 17.9 Å². The molecule has 1 saturated heterocycles. The van der Waals surface area contributed by atoms with Crippen molar-refractivity contribution in [3.63, 3.8) is 0 Å². The average molecular weight is 366 g/mol. The van der Waals surface area contributed by atoms with Crippen molar-refractivity contribution in [2.45, 2.75) is 25.9 Å². The van der Waals surface area contributed by atoms with Gasteiger partial charge in [0.2, 0.25) is 5.91 Å². The number of fused-ring (bicyclic) bond motifs is 1. The van der Waals surface area contributed by atoms with Crippen LogP contribution in [0.15, 0.2) is 51.9 Å². The van der Waals surface area contributed by atoms with E-state index in [-0.39, 0.29) is 23.9 Å². The summed E-state index contributed by atoms with van der Waals surface area (Å²) in [6, 6.07) is 11.0. The van der Waals surface area contributed by atoms with E-state index < -0.39 is 0 Å². The average Bonchev–Trinajstić information content (AvgIpc) is 3.19. The van der Waals surface area contributed by atoms with Crippen LogP contribution in [0.1, 0.15) is 24.4 Å². The summed E-state index contributed by atoms with van der Waals surface area (Å²) >= 11 is 0. The molecule has 0 unspecified atom stereocenters. The van der Waals surface area contributed by atoms with Crippen molar-refractivity contribution in [1.82, 2.24) is 20.2 Å². The van der Waals surface area contributed by atoms with Crippen LogP contribution < -0.4 is 10.9 Å². The number of carbonyl (C=O) groups is 1. The highest BCUT2D eigenvalue weighted by Gasteiger charge is 2.26. The second-order valence-corrected chi connectivity index (χ2v) is 6.90. The minimum atomic E-state index is -0.188. The molecule has 0 saturated carbocycles. The molecule has 7 heteroatoms. The monoisotopic (exact) mass is 366 g/mol. The summed E-state index contributed by atoms with van der Waals surface area (Å²) in [5, 5.41) is 3.47. The third kappa shape index (κ3) is 4.09. The number of H-pyrrole nitrogens is 1. The van der Waals surface area contributed by atoms with Crippen LogP contribution in [0.5, 0.6) is 0 Å². The molecule has 1 aliphatic rings. The number of amides is 1. The second kappa shape index (κ2) is 7.75. The maximum Gasteiger partial charge on any atom is 0.258 e. The molecule has 3 aromatic rings. The first-order chi connectivity index (χ1) is 13.2. The van der Waals surface area contributed by atoms with Gasteiger partial charge >= 0.3 is 0 Å². The number of aromatic amines is 1. The number of piperidine rings is 1. The van der Waals surface area contributed by atoms with Crippen molar-refractivity contribution in [1.29, 1.82) is 0 Å². The third-order valence-electron chi connectivity index (χ3n) is 4.93. The highest BCUT2D eigenvalue weighted by atomic mass is 16.3. The first kappa shape index (κ1) is 17.5. The molecule has 27 heavy (non-hydrogen) atoms. The SMILES string of the molecule is O=C(NCc1nc2ccccc2c(=O)[nH]1)[C@@H]1CCCN(Cc2ccco2)C1. The largest absolute Gasteiger partial charge is 0.468 e. The normalized spacial score (nSPS) is 17.9. The highest BCUT2D eigenvalue weighted by molar-refractivity contribution is 5.79. The fourth-order valence-electron chi connectivity index (χ4n) is 3.57. The number of benzene rings is 1. The Morgan fingerprint density at radius 2 is 2.19 bits per heavy atom. The van der Waals surface area contributed by atoms with Crippen molar-refractivity contribution in [3.05, 3.63) is 64.6 Å². The Morgan fingerprint density at radius 1 is 1.30 bits per heavy atom. The number of nitrogens with zero attached hydrogens (tertiary/aromatic N) is 2. The summed E-state index contributed by atoms with van der Waals surface area (Å²) in [6.07, 6.45) is 3.51. The van der Waals surface area contributed by atoms with Crippen LogP contribution in [0.3, 0.4) is 0 Å². The number of furan rings is 1. The third-order valence-corrected chi connectivity index (χ3v) is 4.93. The van der Waals surface area contributed by atoms with Crippen LogP contribution in [0, 0.1) is 5.92 Å². The van der Waals surface area contributed by atoms with Crippen LogP contribution in [-0.4, -0.2) is 33.9 Å². The number of para-hydroxylation sites is 1. The number of nitrogens with one attached hydrogen (secondary N) is 2. The first-order valence-electron chi connectivity index (χ1n) is 9.19. The van der Waals surface area contributed by atoms with E-state index in [0.29, 0.717) is 23.3 Å². The van der Waals surface area contributed by atoms with Gasteiger partial charge in [-0.25, -0.2) is 4.98 Å². The Kier molecular flexibility index (Phi) is 5.02. The lowest BCUT2D eigenvalue weighted by Gasteiger charge is -2.31. The van der Waals surface area contributed by atoms with E-state index in [1.807, 2.05) is 18.2 Å². The zero-order valence-electron chi connectivity index (χ0n) is 15.0. The van der Waals surface area contributed by atoms with Crippen molar-refractivity contribution in [2.24, 2.45) is 5.92 Å². The van der Waals surface area contributed by atoms with Gasteiger partial charge in [0.1, 0.15) is 11.6 Å². The summed E-state index contributed by atoms with van der Waals surface area (Å²) in [7, 11) is 0. The van der Waals surface area contributed by atoms with Crippen molar-refractivity contribution >= 4 is 16.8 Å². The Bertz CT molecular complexity index is 980. The van der Waals surface area contributed by atoms with Gasteiger partial charge in [-0.1, -0.05) is 12.1 Å². The fraction of sp³-hybridized carbons (Fsp3) is 0.350. The summed E-state index contributed by atoms with van der Waals surface area (Å²) < 4.78 is 5.40. The number of carbonyl (C=O) groups excluding carboxylic acids is 1. The van der Waals surface area contributed by atoms with Gasteiger partial charge in [-0.3, -0.25) is 14.5 Å². The maximum absolute atomic E-state index is 12.6. The first-order valence-corrected chi connectivity index (χ1v) is 9.19. The standard InChI is InChI=1S/C20H22N4O3/c25-19(14-5-3-9-24(12-14)13-15-6-4-10-27-15)21-11-18-22-17-8-2-1-7-16(17)20(26)23-18/h1-2,4,6-8,10,14H,3,5,9,11-13H2,(H,21,25)(H,22,23,26)/t14-/m1/s1. The molecule has 1 amide bonds. The van der Waals surface area contributed by atoms with Gasteiger partial charge < -0.3 is 14.7 Å². The van der Waals surface area contributed by atoms with E-state index in [1.54, 1.807) is 24.5 Å². The van der Waals surface area contributed by atoms with Crippen LogP contribution >= 0.6 is 0 Å². The molecule has 7 nitrogen and oxygen atoms in total. The molecular formula is C20H22N4O3. The molecule has 4 rings (SSSR count). The van der Waals surface area contributed by atoms with Gasteiger partial charge in [0.25, 0.3) is 5.56 Å². The molecule has 0 bridgehead atoms. The highest BCUT2D eigenvalue weighted by Crippen LogP contribution is 2.19. The van der Waals surface area contributed by atoms with Gasteiger partial charge in [-0.15, -0.1) is 0 Å². The second-order valence-electron chi connectivity index (χ2n) is 6.90. The van der Waals surface area contributed by atoms with Crippen molar-refractivity contribution in [3.8, 4) is 0 Å². The Morgan fingerprint density at radius 3 is 3.04 bits per heavy atom. The van der Waals surface area contributed by atoms with Crippen LogP contribution in [0.4, 0.5) is 0 Å². The topological polar surface area (TPSA) is 91.2 Å². The number of hydrogen-bond donors (Lipinski definition) is 2. The van der Waals surface area contributed by atoms with Crippen LogP contribution in [0.25, 0.3) is 10.9 Å². The van der Waals surface area contributed by atoms with E-state index in [9.17, 15) is 9.59 Å². The van der Waals surface area contributed by atoms with E-state index in [2.05, 4.69) is 20.2 Å². The van der Waals surface area contributed by atoms with Gasteiger partial charge in [0.05, 0.1) is 36.2 Å². The van der Waals surface area contributed by atoms with Gasteiger partial charge in [0.15, 0.2) is 0 Å². The predicted octanol–water partition coefficient (Wildman–Crippen LogP) is 2.04. The van der Waals surface area contributed by atoms with E-state index >= 15 is 0 Å². The Balaban J connectivity index is 1.37. The predicted molar refractivity (Wildman–Crippen MR) is 101 cm³/mol. The summed E-state index contributed by atoms with van der Waals surface area (Å²) in [6.45, 7) is 2.60. The molecule has 0 radical (unpaired) electrons. The molecule has 1 aliphatic heterocycles. The molecule has 0 spiro atoms. The lowest BCUT2D eigenvalue weighted by molar-refractivity contribution is -0.127. The van der Waals surface area contributed by atoms with Gasteiger partial charge in [-0.2, -0.15) is 0 Å². The van der Waals surface area contributed by atoms with E-state index in [4.69, 9.17) is 4.42 Å². The van der Waals surface area contributed by atoms with Gasteiger partial charge in [-0.05, 0) is 43.7 Å².